The van der Waals surface area contributed by atoms with Gasteiger partial charge in [0.2, 0.25) is 11.8 Å². The van der Waals surface area contributed by atoms with Gasteiger partial charge < -0.3 is 24.2 Å². The van der Waals surface area contributed by atoms with E-state index in [2.05, 4.69) is 10.6 Å². The third kappa shape index (κ3) is 3.88. The fourth-order valence-corrected chi connectivity index (χ4v) is 6.15. The van der Waals surface area contributed by atoms with E-state index in [4.69, 9.17) is 4.74 Å². The molecule has 1 spiro atoms. The van der Waals surface area contributed by atoms with Crippen LogP contribution in [0.5, 0.6) is 5.75 Å². The van der Waals surface area contributed by atoms with Crippen LogP contribution in [0.2, 0.25) is 0 Å². The molecule has 0 bridgehead atoms. The number of aromatic nitrogens is 1. The van der Waals surface area contributed by atoms with Gasteiger partial charge in [0.05, 0.1) is 31.7 Å². The maximum absolute atomic E-state index is 13.7. The molecule has 1 aromatic heterocycles. The molecule has 1 atom stereocenters. The van der Waals surface area contributed by atoms with Crippen molar-refractivity contribution in [1.82, 2.24) is 14.4 Å². The van der Waals surface area contributed by atoms with E-state index in [1.54, 1.807) is 14.0 Å². The van der Waals surface area contributed by atoms with Crippen molar-refractivity contribution in [1.29, 1.82) is 0 Å². The number of aliphatic hydroxyl groups is 1. The second kappa shape index (κ2) is 9.04. The van der Waals surface area contributed by atoms with E-state index in [0.717, 1.165) is 40.8 Å². The number of fused-ring (bicyclic) bond motifs is 4. The summed E-state index contributed by atoms with van der Waals surface area (Å²) in [7, 11) is 3.66. The van der Waals surface area contributed by atoms with E-state index in [-0.39, 0.29) is 23.8 Å². The summed E-state index contributed by atoms with van der Waals surface area (Å²) in [5, 5.41) is 11.7. The highest BCUT2D eigenvalue weighted by Crippen LogP contribution is 2.50. The van der Waals surface area contributed by atoms with Crippen LogP contribution in [0, 0.1) is 0 Å². The molecule has 1 saturated heterocycles. The Morgan fingerprint density at radius 2 is 1.83 bits per heavy atom. The van der Waals surface area contributed by atoms with Crippen LogP contribution in [0.3, 0.4) is 0 Å². The molecular formula is C28H33N3O4. The molecule has 0 unspecified atom stereocenters. The van der Waals surface area contributed by atoms with Crippen LogP contribution in [0.1, 0.15) is 42.6 Å². The summed E-state index contributed by atoms with van der Waals surface area (Å²) in [6, 6.07) is 15.4. The largest absolute Gasteiger partial charge is 0.497 e. The smallest absolute Gasteiger partial charge is 0.227 e. The van der Waals surface area contributed by atoms with Crippen molar-refractivity contribution in [2.75, 3.05) is 33.4 Å². The topological polar surface area (TPSA) is 75.0 Å². The monoisotopic (exact) mass is 475 g/mol. The first-order chi connectivity index (χ1) is 16.9. The summed E-state index contributed by atoms with van der Waals surface area (Å²) in [4.78, 5) is 29.6. The van der Waals surface area contributed by atoms with Gasteiger partial charge in [0.25, 0.3) is 0 Å². The molecule has 2 aliphatic rings. The van der Waals surface area contributed by atoms with E-state index in [9.17, 15) is 14.7 Å². The quantitative estimate of drug-likeness (QED) is 0.629. The van der Waals surface area contributed by atoms with Crippen molar-refractivity contribution in [3.05, 3.63) is 65.4 Å². The SMILES string of the molecule is COc1ccc2c3c(n(C)c2c1)[C@@H](CO)N(C(=O)Cc1ccccc1)CC31CCN(C(C)=O)CC1. The van der Waals surface area contributed by atoms with Crippen LogP contribution in [0.4, 0.5) is 0 Å². The molecule has 1 fully saturated rings. The first-order valence-electron chi connectivity index (χ1n) is 12.2. The maximum Gasteiger partial charge on any atom is 0.227 e. The minimum atomic E-state index is -0.430. The number of rotatable bonds is 4. The predicted molar refractivity (Wildman–Crippen MR) is 134 cm³/mol. The van der Waals surface area contributed by atoms with Crippen molar-refractivity contribution < 1.29 is 19.4 Å². The Morgan fingerprint density at radius 3 is 2.46 bits per heavy atom. The van der Waals surface area contributed by atoms with Gasteiger partial charge in [0, 0.05) is 56.2 Å². The molecule has 7 heteroatoms. The van der Waals surface area contributed by atoms with Gasteiger partial charge in [-0.15, -0.1) is 0 Å². The Morgan fingerprint density at radius 1 is 1.11 bits per heavy atom. The average Bonchev–Trinajstić information content (AvgIpc) is 3.17. The minimum Gasteiger partial charge on any atom is -0.497 e. The Balaban J connectivity index is 1.64. The van der Waals surface area contributed by atoms with Gasteiger partial charge in [0.15, 0.2) is 0 Å². The fourth-order valence-electron chi connectivity index (χ4n) is 6.15. The third-order valence-corrected chi connectivity index (χ3v) is 8.01. The summed E-state index contributed by atoms with van der Waals surface area (Å²) in [6.45, 7) is 3.32. The summed E-state index contributed by atoms with van der Waals surface area (Å²) in [6.07, 6.45) is 1.84. The third-order valence-electron chi connectivity index (χ3n) is 8.01. The van der Waals surface area contributed by atoms with E-state index in [0.29, 0.717) is 26.1 Å². The Labute approximate surface area is 205 Å². The van der Waals surface area contributed by atoms with Gasteiger partial charge in [-0.1, -0.05) is 30.3 Å². The Hall–Kier alpha value is -3.32. The number of amides is 2. The number of piperidine rings is 1. The van der Waals surface area contributed by atoms with Crippen molar-refractivity contribution in [3.8, 4) is 5.75 Å². The average molecular weight is 476 g/mol. The number of aliphatic hydroxyl groups excluding tert-OH is 1. The van der Waals surface area contributed by atoms with Crippen LogP contribution < -0.4 is 4.74 Å². The Bertz CT molecular complexity index is 1260. The van der Waals surface area contributed by atoms with E-state index in [1.807, 2.05) is 59.3 Å². The molecule has 5 rings (SSSR count). The molecular weight excluding hydrogens is 442 g/mol. The number of hydrogen-bond donors (Lipinski definition) is 1. The number of nitrogens with zero attached hydrogens (tertiary/aromatic N) is 3. The number of ether oxygens (including phenoxy) is 1. The number of benzene rings is 2. The normalized spacial score (nSPS) is 19.1. The molecule has 7 nitrogen and oxygen atoms in total. The first kappa shape index (κ1) is 23.4. The van der Waals surface area contributed by atoms with E-state index >= 15 is 0 Å². The standard InChI is InChI=1S/C28H33N3O4/c1-19(33)30-13-11-28(12-14-30)18-31(25(34)15-20-7-5-4-6-8-20)24(17-32)27-26(28)22-10-9-21(35-3)16-23(22)29(27)2/h4-10,16,24,32H,11-15,17-18H2,1-3H3/t24-/m1/s1. The number of likely N-dealkylation sites (tertiary alicyclic amines) is 1. The second-order valence-corrected chi connectivity index (χ2v) is 9.87. The van der Waals surface area contributed by atoms with Gasteiger partial charge in [-0.05, 0) is 36.1 Å². The molecule has 0 radical (unpaired) electrons. The lowest BCUT2D eigenvalue weighted by molar-refractivity contribution is -0.138. The summed E-state index contributed by atoms with van der Waals surface area (Å²) in [5.74, 6) is 0.870. The van der Waals surface area contributed by atoms with Gasteiger partial charge in [-0.25, -0.2) is 0 Å². The lowest BCUT2D eigenvalue weighted by Crippen LogP contribution is -2.56. The van der Waals surface area contributed by atoms with Crippen LogP contribution in [0.25, 0.3) is 10.9 Å². The van der Waals surface area contributed by atoms with Crippen LogP contribution in [0.15, 0.2) is 48.5 Å². The lowest BCUT2D eigenvalue weighted by Gasteiger charge is -2.50. The number of carbonyl (C=O) groups is 2. The lowest BCUT2D eigenvalue weighted by atomic mass is 9.68. The van der Waals surface area contributed by atoms with Gasteiger partial charge in [-0.3, -0.25) is 9.59 Å². The molecule has 3 heterocycles. The zero-order valence-corrected chi connectivity index (χ0v) is 20.7. The molecule has 3 aromatic rings. The summed E-state index contributed by atoms with van der Waals surface area (Å²) >= 11 is 0. The molecule has 1 N–H and O–H groups in total. The summed E-state index contributed by atoms with van der Waals surface area (Å²) < 4.78 is 7.61. The number of carbonyl (C=O) groups excluding carboxylic acids is 2. The zero-order valence-electron chi connectivity index (χ0n) is 20.7. The highest BCUT2D eigenvalue weighted by atomic mass is 16.5. The highest BCUT2D eigenvalue weighted by Gasteiger charge is 2.49. The van der Waals surface area contributed by atoms with Gasteiger partial charge >= 0.3 is 0 Å². The van der Waals surface area contributed by atoms with Crippen LogP contribution in [-0.4, -0.2) is 64.6 Å². The number of methoxy groups -OCH3 is 1. The highest BCUT2D eigenvalue weighted by molar-refractivity contribution is 5.90. The molecule has 184 valence electrons. The van der Waals surface area contributed by atoms with E-state index < -0.39 is 6.04 Å². The van der Waals surface area contributed by atoms with Crippen molar-refractivity contribution in [2.45, 2.75) is 37.6 Å². The minimum absolute atomic E-state index is 0.0112. The molecule has 2 amide bonds. The zero-order chi connectivity index (χ0) is 24.7. The Kier molecular flexibility index (Phi) is 6.05. The molecule has 2 aliphatic heterocycles. The second-order valence-electron chi connectivity index (χ2n) is 9.87. The fraction of sp³-hybridized carbons (Fsp3) is 0.429. The van der Waals surface area contributed by atoms with Gasteiger partial charge in [-0.2, -0.15) is 0 Å². The predicted octanol–water partition coefficient (Wildman–Crippen LogP) is 3.19. The summed E-state index contributed by atoms with van der Waals surface area (Å²) in [5.41, 5.74) is 3.90. The van der Waals surface area contributed by atoms with Crippen molar-refractivity contribution in [2.24, 2.45) is 7.05 Å². The maximum atomic E-state index is 13.7. The number of hydrogen-bond acceptors (Lipinski definition) is 4. The van der Waals surface area contributed by atoms with Crippen LogP contribution in [-0.2, 0) is 28.5 Å². The first-order valence-corrected chi connectivity index (χ1v) is 12.2. The molecule has 0 aliphatic carbocycles. The van der Waals surface area contributed by atoms with Crippen molar-refractivity contribution in [3.63, 3.8) is 0 Å². The van der Waals surface area contributed by atoms with Crippen LogP contribution >= 0.6 is 0 Å². The van der Waals surface area contributed by atoms with Crippen molar-refractivity contribution >= 4 is 22.7 Å². The molecule has 0 saturated carbocycles. The molecule has 2 aromatic carbocycles. The molecule has 35 heavy (non-hydrogen) atoms. The van der Waals surface area contributed by atoms with Gasteiger partial charge in [0.1, 0.15) is 5.75 Å². The number of aryl methyl sites for hydroxylation is 1. The van der Waals surface area contributed by atoms with E-state index in [1.165, 1.54) is 5.56 Å².